The van der Waals surface area contributed by atoms with Crippen molar-refractivity contribution in [2.75, 3.05) is 11.4 Å². The zero-order valence-electron chi connectivity index (χ0n) is 24.2. The monoisotopic (exact) mass is 585 g/mol. The van der Waals surface area contributed by atoms with Crippen LogP contribution in [0, 0.1) is 11.6 Å². The number of anilines is 2. The van der Waals surface area contributed by atoms with Gasteiger partial charge >= 0.3 is 0 Å². The van der Waals surface area contributed by atoms with E-state index in [2.05, 4.69) is 23.6 Å². The molecule has 224 valence electrons. The minimum atomic E-state index is -1.06. The van der Waals surface area contributed by atoms with E-state index >= 15 is 0 Å². The molecule has 0 unspecified atom stereocenters. The smallest absolute Gasteiger partial charge is 0.232 e. The summed E-state index contributed by atoms with van der Waals surface area (Å²) in [4.78, 5) is 28.0. The number of hydrogen-bond donors (Lipinski definition) is 3. The second kappa shape index (κ2) is 15.7. The zero-order valence-corrected chi connectivity index (χ0v) is 24.2. The van der Waals surface area contributed by atoms with E-state index in [-0.39, 0.29) is 31.7 Å². The zero-order chi connectivity index (χ0) is 30.6. The van der Waals surface area contributed by atoms with Gasteiger partial charge in [-0.3, -0.25) is 14.5 Å². The molecule has 0 heterocycles. The molecule has 43 heavy (non-hydrogen) atoms. The highest BCUT2D eigenvalue weighted by molar-refractivity contribution is 6.01. The predicted octanol–water partition coefficient (Wildman–Crippen LogP) is 5.85. The van der Waals surface area contributed by atoms with Gasteiger partial charge in [0.2, 0.25) is 11.8 Å². The van der Waals surface area contributed by atoms with Gasteiger partial charge in [-0.05, 0) is 65.9 Å². The number of nitrogens with zero attached hydrogens (tertiary/aromatic N) is 1. The average Bonchev–Trinajstić information content (AvgIpc) is 3.00. The van der Waals surface area contributed by atoms with E-state index in [1.165, 1.54) is 17.7 Å². The number of para-hydroxylation sites is 2. The van der Waals surface area contributed by atoms with Crippen LogP contribution in [0.15, 0.2) is 103 Å². The van der Waals surface area contributed by atoms with E-state index in [1.54, 1.807) is 4.90 Å². The summed E-state index contributed by atoms with van der Waals surface area (Å²) in [7, 11) is 0. The van der Waals surface area contributed by atoms with E-state index < -0.39 is 29.7 Å². The molecule has 4 rings (SSSR count). The normalized spacial score (nSPS) is 12.4. The van der Waals surface area contributed by atoms with Crippen molar-refractivity contribution in [3.63, 3.8) is 0 Å². The summed E-state index contributed by atoms with van der Waals surface area (Å²) in [5, 5.41) is 17.1. The van der Waals surface area contributed by atoms with Gasteiger partial charge in [0.05, 0.1) is 12.1 Å². The van der Waals surface area contributed by atoms with Crippen LogP contribution in [0.3, 0.4) is 0 Å². The summed E-state index contributed by atoms with van der Waals surface area (Å²) in [6.45, 7) is 2.71. The molecule has 0 saturated carbocycles. The molecule has 0 radical (unpaired) electrons. The summed E-state index contributed by atoms with van der Waals surface area (Å²) in [5.41, 5.74) is 3.91. The summed E-state index contributed by atoms with van der Waals surface area (Å²) in [6, 6.07) is 28.7. The molecule has 0 aliphatic carbocycles. The fourth-order valence-electron chi connectivity index (χ4n) is 4.93. The number of hydrogen-bond acceptors (Lipinski definition) is 4. The molecule has 0 aliphatic heterocycles. The van der Waals surface area contributed by atoms with Crippen molar-refractivity contribution in [2.24, 2.45) is 0 Å². The lowest BCUT2D eigenvalue weighted by atomic mass is 10.00. The second-order valence-corrected chi connectivity index (χ2v) is 10.4. The molecule has 4 aromatic carbocycles. The Morgan fingerprint density at radius 2 is 1.37 bits per heavy atom. The van der Waals surface area contributed by atoms with E-state index in [0.717, 1.165) is 18.1 Å². The Hall–Kier alpha value is -4.40. The molecule has 0 aliphatic rings. The van der Waals surface area contributed by atoms with Crippen LogP contribution in [0.4, 0.5) is 20.2 Å². The Labute approximate surface area is 251 Å². The Bertz CT molecular complexity index is 1420. The lowest BCUT2D eigenvalue weighted by molar-refractivity contribution is -0.126. The standard InChI is InChI=1S/C35H37F2N3O3/c1-2-25-10-9-11-26(18-25)23-38-24-33(41)32(21-27-19-28(36)22-29(37)20-27)39-34(42)16-17-35(43)40(30-12-5-3-6-13-30)31-14-7-4-8-15-31/h3-15,18-20,22,32-33,38,41H,2,16-17,21,23-24H2,1H3,(H,39,42)/t32-,33+/m0/s1. The van der Waals surface area contributed by atoms with Gasteiger partial charge in [0.15, 0.2) is 0 Å². The van der Waals surface area contributed by atoms with Gasteiger partial charge in [-0.1, -0.05) is 67.6 Å². The van der Waals surface area contributed by atoms with Crippen molar-refractivity contribution in [3.8, 4) is 0 Å². The first-order chi connectivity index (χ1) is 20.8. The highest BCUT2D eigenvalue weighted by Gasteiger charge is 2.24. The lowest BCUT2D eigenvalue weighted by Crippen LogP contribution is -2.48. The summed E-state index contributed by atoms with van der Waals surface area (Å²) < 4.78 is 27.8. The maximum atomic E-state index is 13.9. The predicted molar refractivity (Wildman–Crippen MR) is 165 cm³/mol. The lowest BCUT2D eigenvalue weighted by Gasteiger charge is -2.26. The number of aliphatic hydroxyl groups is 1. The van der Waals surface area contributed by atoms with Crippen LogP contribution in [-0.2, 0) is 29.0 Å². The molecular formula is C35H37F2N3O3. The quantitative estimate of drug-likeness (QED) is 0.173. The third-order valence-corrected chi connectivity index (χ3v) is 7.12. The van der Waals surface area contributed by atoms with Crippen molar-refractivity contribution in [2.45, 2.75) is 51.3 Å². The third kappa shape index (κ3) is 9.56. The van der Waals surface area contributed by atoms with Crippen molar-refractivity contribution < 1.29 is 23.5 Å². The van der Waals surface area contributed by atoms with Crippen LogP contribution < -0.4 is 15.5 Å². The van der Waals surface area contributed by atoms with E-state index in [9.17, 15) is 23.5 Å². The average molecular weight is 586 g/mol. The molecule has 0 saturated heterocycles. The first kappa shape index (κ1) is 31.5. The minimum Gasteiger partial charge on any atom is -0.390 e. The van der Waals surface area contributed by atoms with E-state index in [0.29, 0.717) is 23.5 Å². The second-order valence-electron chi connectivity index (χ2n) is 10.4. The van der Waals surface area contributed by atoms with Crippen LogP contribution in [0.2, 0.25) is 0 Å². The van der Waals surface area contributed by atoms with Gasteiger partial charge < -0.3 is 15.7 Å². The Morgan fingerprint density at radius 1 is 0.767 bits per heavy atom. The maximum Gasteiger partial charge on any atom is 0.232 e. The molecule has 0 fully saturated rings. The van der Waals surface area contributed by atoms with Crippen LogP contribution >= 0.6 is 0 Å². The fourth-order valence-corrected chi connectivity index (χ4v) is 4.93. The summed E-state index contributed by atoms with van der Waals surface area (Å²) >= 11 is 0. The van der Waals surface area contributed by atoms with Crippen LogP contribution in [-0.4, -0.2) is 35.6 Å². The van der Waals surface area contributed by atoms with Gasteiger partial charge in [-0.2, -0.15) is 0 Å². The Kier molecular flexibility index (Phi) is 11.5. The fraction of sp³-hybridized carbons (Fsp3) is 0.257. The largest absolute Gasteiger partial charge is 0.390 e. The number of aliphatic hydroxyl groups excluding tert-OH is 1. The molecule has 0 bridgehead atoms. The minimum absolute atomic E-state index is 0.00267. The van der Waals surface area contributed by atoms with Crippen molar-refractivity contribution in [3.05, 3.63) is 131 Å². The van der Waals surface area contributed by atoms with E-state index in [4.69, 9.17) is 0 Å². The first-order valence-corrected chi connectivity index (χ1v) is 14.5. The molecule has 0 aromatic heterocycles. The highest BCUT2D eigenvalue weighted by Crippen LogP contribution is 2.26. The number of rotatable bonds is 14. The number of carbonyl (C=O) groups excluding carboxylic acids is 2. The number of carbonyl (C=O) groups is 2. The molecule has 8 heteroatoms. The summed E-state index contributed by atoms with van der Waals surface area (Å²) in [6.07, 6.45) is -0.370. The molecule has 2 atom stereocenters. The van der Waals surface area contributed by atoms with Crippen molar-refractivity contribution >= 4 is 23.2 Å². The topological polar surface area (TPSA) is 81.7 Å². The first-order valence-electron chi connectivity index (χ1n) is 14.5. The Balaban J connectivity index is 1.42. The third-order valence-electron chi connectivity index (χ3n) is 7.12. The van der Waals surface area contributed by atoms with Gasteiger partial charge in [-0.15, -0.1) is 0 Å². The molecular weight excluding hydrogens is 548 g/mol. The Morgan fingerprint density at radius 3 is 1.98 bits per heavy atom. The molecule has 3 N–H and O–H groups in total. The highest BCUT2D eigenvalue weighted by atomic mass is 19.1. The van der Waals surface area contributed by atoms with Gasteiger partial charge in [0.1, 0.15) is 11.6 Å². The molecule has 2 amide bonds. The summed E-state index contributed by atoms with van der Waals surface area (Å²) in [5.74, 6) is -2.20. The number of amides is 2. The van der Waals surface area contributed by atoms with Crippen molar-refractivity contribution in [1.29, 1.82) is 0 Å². The maximum absolute atomic E-state index is 13.9. The molecule has 0 spiro atoms. The van der Waals surface area contributed by atoms with E-state index in [1.807, 2.05) is 78.9 Å². The number of benzene rings is 4. The molecule has 6 nitrogen and oxygen atoms in total. The van der Waals surface area contributed by atoms with Gasteiger partial charge in [-0.25, -0.2) is 8.78 Å². The molecule has 4 aromatic rings. The number of nitrogens with one attached hydrogen (secondary N) is 2. The van der Waals surface area contributed by atoms with Gasteiger partial charge in [0.25, 0.3) is 0 Å². The van der Waals surface area contributed by atoms with Crippen LogP contribution in [0.25, 0.3) is 0 Å². The van der Waals surface area contributed by atoms with Crippen LogP contribution in [0.5, 0.6) is 0 Å². The van der Waals surface area contributed by atoms with Crippen molar-refractivity contribution in [1.82, 2.24) is 10.6 Å². The number of halogens is 2. The van der Waals surface area contributed by atoms with Gasteiger partial charge in [0, 0.05) is 43.4 Å². The SMILES string of the molecule is CCc1cccc(CNC[C@@H](O)[C@H](Cc2cc(F)cc(F)c2)NC(=O)CCC(=O)N(c2ccccc2)c2ccccc2)c1. The van der Waals surface area contributed by atoms with Crippen LogP contribution in [0.1, 0.15) is 36.5 Å². The number of aryl methyl sites for hydroxylation is 1.